The van der Waals surface area contributed by atoms with E-state index >= 15 is 0 Å². The van der Waals surface area contributed by atoms with Crippen LogP contribution in [0.1, 0.15) is 39.0 Å². The number of benzene rings is 2. The number of hydrogen-bond donors (Lipinski definition) is 0. The first-order valence-corrected chi connectivity index (χ1v) is 13.7. The van der Waals surface area contributed by atoms with E-state index in [1.165, 1.54) is 28.2 Å². The Labute approximate surface area is 186 Å². The van der Waals surface area contributed by atoms with E-state index in [0.717, 1.165) is 17.5 Å². The van der Waals surface area contributed by atoms with Gasteiger partial charge in [-0.3, -0.25) is 0 Å². The van der Waals surface area contributed by atoms with Crippen molar-refractivity contribution in [2.24, 2.45) is 4.99 Å². The quantitative estimate of drug-likeness (QED) is 0.233. The van der Waals surface area contributed by atoms with E-state index in [4.69, 9.17) is 9.73 Å². The molecule has 0 aromatic heterocycles. The predicted octanol–water partition coefficient (Wildman–Crippen LogP) is 3.22. The molecule has 2 aromatic rings. The second kappa shape index (κ2) is 12.1. The Morgan fingerprint density at radius 2 is 1.62 bits per heavy atom. The summed E-state index contributed by atoms with van der Waals surface area (Å²) in [5.74, 6) is -0.238. The van der Waals surface area contributed by atoms with E-state index in [9.17, 15) is 4.79 Å². The molecule has 1 aliphatic carbocycles. The Kier molecular flexibility index (Phi) is 9.24. The zero-order valence-electron chi connectivity index (χ0n) is 16.8. The van der Waals surface area contributed by atoms with Crippen LogP contribution in [-0.2, 0) is 9.53 Å². The van der Waals surface area contributed by atoms with Crippen molar-refractivity contribution in [3.05, 3.63) is 71.2 Å². The van der Waals surface area contributed by atoms with Crippen molar-refractivity contribution >= 4 is 49.4 Å². The van der Waals surface area contributed by atoms with Crippen LogP contribution in [0.4, 0.5) is 0 Å². The van der Waals surface area contributed by atoms with E-state index in [1.54, 1.807) is 0 Å². The minimum absolute atomic E-state index is 0.0237. The maximum absolute atomic E-state index is 12.9. The average Bonchev–Trinajstić information content (AvgIpc) is 2.76. The van der Waals surface area contributed by atoms with Gasteiger partial charge in [0, 0.05) is 0 Å². The molecule has 0 bridgehead atoms. The van der Waals surface area contributed by atoms with Crippen molar-refractivity contribution in [1.29, 1.82) is 0 Å². The van der Waals surface area contributed by atoms with Gasteiger partial charge in [0.15, 0.2) is 0 Å². The standard InChI is InChI=1S/C24H27NO2Se2/c1-2-27-24(26)22(18-28-20-14-8-4-9-15-20)23(25-19-12-6-3-7-13-19)29-21-16-10-5-11-17-21/h4-5,8-11,14-19H,2-3,6-7,12-13H2,1H3/b22-18-,25-23?. The van der Waals surface area contributed by atoms with Crippen molar-refractivity contribution in [3.63, 3.8) is 0 Å². The van der Waals surface area contributed by atoms with Crippen LogP contribution >= 0.6 is 0 Å². The van der Waals surface area contributed by atoms with Crippen LogP contribution in [0.2, 0.25) is 0 Å². The normalized spacial score (nSPS) is 15.9. The van der Waals surface area contributed by atoms with Gasteiger partial charge < -0.3 is 0 Å². The first-order chi connectivity index (χ1) is 14.3. The van der Waals surface area contributed by atoms with Gasteiger partial charge in [-0.05, 0) is 0 Å². The molecule has 0 atom stereocenters. The fraction of sp³-hybridized carbons (Fsp3) is 0.333. The Morgan fingerprint density at radius 1 is 1.00 bits per heavy atom. The van der Waals surface area contributed by atoms with E-state index in [1.807, 2.05) is 31.2 Å². The van der Waals surface area contributed by atoms with Crippen molar-refractivity contribution in [2.45, 2.75) is 45.1 Å². The number of carbonyl (C=O) groups excluding carboxylic acids is 1. The monoisotopic (exact) mass is 521 g/mol. The molecule has 3 rings (SSSR count). The van der Waals surface area contributed by atoms with Gasteiger partial charge in [-0.1, -0.05) is 0 Å². The summed E-state index contributed by atoms with van der Waals surface area (Å²) in [4.78, 5) is 20.1. The zero-order valence-corrected chi connectivity index (χ0v) is 20.2. The van der Waals surface area contributed by atoms with Gasteiger partial charge >= 0.3 is 187 Å². The number of nitrogens with zero attached hydrogens (tertiary/aromatic N) is 1. The first-order valence-electron chi connectivity index (χ1n) is 10.2. The molecule has 29 heavy (non-hydrogen) atoms. The summed E-state index contributed by atoms with van der Waals surface area (Å²) in [6.45, 7) is 2.24. The van der Waals surface area contributed by atoms with Gasteiger partial charge in [-0.2, -0.15) is 0 Å². The maximum atomic E-state index is 12.9. The number of carbonyl (C=O) groups is 1. The Bertz CT molecular complexity index is 828. The second-order valence-electron chi connectivity index (χ2n) is 6.82. The molecule has 152 valence electrons. The SMILES string of the molecule is CCOC(=O)/C(=C\[Se]c1ccccc1)C(=NC1CCCCC1)[Se]c1ccccc1. The summed E-state index contributed by atoms with van der Waals surface area (Å²) in [7, 11) is 0. The summed E-state index contributed by atoms with van der Waals surface area (Å²) >= 11 is 0.0352. The van der Waals surface area contributed by atoms with Crippen LogP contribution in [0.25, 0.3) is 0 Å². The third-order valence-electron chi connectivity index (χ3n) is 4.61. The zero-order chi connectivity index (χ0) is 20.3. The number of esters is 1. The second-order valence-corrected chi connectivity index (χ2v) is 11.0. The van der Waals surface area contributed by atoms with Gasteiger partial charge in [0.2, 0.25) is 0 Å². The number of ether oxygens (including phenoxy) is 1. The third kappa shape index (κ3) is 7.28. The van der Waals surface area contributed by atoms with E-state index in [0.29, 0.717) is 18.2 Å². The minimum atomic E-state index is -0.238. The molecular formula is C24H27NO2Se2. The van der Waals surface area contributed by atoms with Crippen molar-refractivity contribution in [1.82, 2.24) is 0 Å². The molecule has 0 spiro atoms. The van der Waals surface area contributed by atoms with E-state index in [2.05, 4.69) is 41.4 Å². The van der Waals surface area contributed by atoms with Gasteiger partial charge in [0.05, 0.1) is 0 Å². The molecule has 0 radical (unpaired) electrons. The number of rotatable bonds is 8. The van der Waals surface area contributed by atoms with Gasteiger partial charge in [-0.25, -0.2) is 0 Å². The molecule has 0 heterocycles. The Balaban J connectivity index is 1.93. The van der Waals surface area contributed by atoms with Crippen molar-refractivity contribution in [3.8, 4) is 0 Å². The summed E-state index contributed by atoms with van der Waals surface area (Å²) in [5.41, 5.74) is 0.671. The van der Waals surface area contributed by atoms with Crippen LogP contribution < -0.4 is 8.92 Å². The molecule has 0 unspecified atom stereocenters. The molecule has 1 aliphatic rings. The summed E-state index contributed by atoms with van der Waals surface area (Å²) in [6, 6.07) is 21.0. The third-order valence-corrected chi connectivity index (χ3v) is 8.65. The average molecular weight is 519 g/mol. The Hall–Kier alpha value is -1.64. The number of aliphatic imine (C=N–C) groups is 1. The first kappa shape index (κ1) is 22.1. The van der Waals surface area contributed by atoms with Gasteiger partial charge in [0.25, 0.3) is 0 Å². The fourth-order valence-corrected chi connectivity index (χ4v) is 7.19. The van der Waals surface area contributed by atoms with Crippen LogP contribution in [-0.4, -0.2) is 53.1 Å². The van der Waals surface area contributed by atoms with E-state index < -0.39 is 0 Å². The molecule has 0 aliphatic heterocycles. The molecule has 2 aromatic carbocycles. The van der Waals surface area contributed by atoms with Crippen molar-refractivity contribution in [2.75, 3.05) is 6.61 Å². The Morgan fingerprint density at radius 3 is 2.24 bits per heavy atom. The molecule has 0 saturated heterocycles. The fourth-order valence-electron chi connectivity index (χ4n) is 3.15. The molecule has 0 amide bonds. The molecule has 3 nitrogen and oxygen atoms in total. The topological polar surface area (TPSA) is 38.7 Å². The molecule has 1 saturated carbocycles. The van der Waals surface area contributed by atoms with Crippen LogP contribution in [0, 0.1) is 0 Å². The van der Waals surface area contributed by atoms with E-state index in [-0.39, 0.29) is 35.9 Å². The van der Waals surface area contributed by atoms with Crippen molar-refractivity contribution < 1.29 is 9.53 Å². The van der Waals surface area contributed by atoms with Gasteiger partial charge in [0.1, 0.15) is 0 Å². The molecule has 0 N–H and O–H groups in total. The van der Waals surface area contributed by atoms with Crippen LogP contribution in [0.15, 0.2) is 76.2 Å². The summed E-state index contributed by atoms with van der Waals surface area (Å²) in [5, 5.41) is 0. The molecule has 5 heteroatoms. The van der Waals surface area contributed by atoms with Crippen LogP contribution in [0.3, 0.4) is 0 Å². The van der Waals surface area contributed by atoms with Crippen LogP contribution in [0.5, 0.6) is 0 Å². The molecule has 1 fully saturated rings. The summed E-state index contributed by atoms with van der Waals surface area (Å²) < 4.78 is 8.84. The van der Waals surface area contributed by atoms with Gasteiger partial charge in [-0.15, -0.1) is 0 Å². The predicted molar refractivity (Wildman–Crippen MR) is 123 cm³/mol. The molecular weight excluding hydrogens is 492 g/mol. The summed E-state index contributed by atoms with van der Waals surface area (Å²) in [6.07, 6.45) is 5.99. The number of hydrogen-bond acceptors (Lipinski definition) is 3.